The third-order valence-corrected chi connectivity index (χ3v) is 1.80. The highest BCUT2D eigenvalue weighted by Crippen LogP contribution is 2.19. The van der Waals surface area contributed by atoms with Crippen molar-refractivity contribution < 1.29 is 23.4 Å². The van der Waals surface area contributed by atoms with Crippen molar-refractivity contribution in [1.82, 2.24) is 15.0 Å². The largest absolute Gasteiger partial charge is 0.394 e. The number of aliphatic hydroxyl groups is 1. The van der Waals surface area contributed by atoms with Gasteiger partial charge in [0.1, 0.15) is 5.69 Å². The summed E-state index contributed by atoms with van der Waals surface area (Å²) in [5.74, 6) is 0. The van der Waals surface area contributed by atoms with Gasteiger partial charge in [0.25, 0.3) is 6.43 Å². The molecule has 0 spiro atoms. The van der Waals surface area contributed by atoms with Gasteiger partial charge in [-0.3, -0.25) is 4.79 Å². The molecule has 8 heteroatoms. The average molecular weight is 235 g/mol. The number of nitrogens with zero attached hydrogens (tertiary/aromatic N) is 3. The quantitative estimate of drug-likeness (QED) is 0.533. The molecule has 1 heterocycles. The highest BCUT2D eigenvalue weighted by Gasteiger charge is 2.20. The first kappa shape index (κ1) is 12.7. The van der Waals surface area contributed by atoms with E-state index in [1.54, 1.807) is 0 Å². The molecule has 1 aromatic heterocycles. The van der Waals surface area contributed by atoms with E-state index in [-0.39, 0.29) is 38.3 Å². The van der Waals surface area contributed by atoms with Gasteiger partial charge in [0.05, 0.1) is 26.4 Å². The molecule has 0 aliphatic rings. The van der Waals surface area contributed by atoms with Crippen molar-refractivity contribution in [2.75, 3.05) is 19.8 Å². The van der Waals surface area contributed by atoms with E-state index >= 15 is 0 Å². The molecule has 0 aromatic carbocycles. The normalized spacial score (nSPS) is 11.0. The Labute approximate surface area is 89.8 Å². The van der Waals surface area contributed by atoms with Gasteiger partial charge in [0, 0.05) is 0 Å². The Hall–Kier alpha value is -1.41. The van der Waals surface area contributed by atoms with E-state index in [1.807, 2.05) is 0 Å². The Bertz CT molecular complexity index is 343. The van der Waals surface area contributed by atoms with Gasteiger partial charge in [-0.05, 0) is 0 Å². The molecule has 0 aliphatic carbocycles. The first-order valence-electron chi connectivity index (χ1n) is 4.56. The van der Waals surface area contributed by atoms with E-state index in [1.165, 1.54) is 0 Å². The molecule has 0 unspecified atom stereocenters. The summed E-state index contributed by atoms with van der Waals surface area (Å²) in [5.41, 5.74) is -0.875. The number of hydrogen-bond acceptors (Lipinski definition) is 5. The predicted octanol–water partition coefficient (Wildman–Crippen LogP) is 0.0371. The lowest BCUT2D eigenvalue weighted by molar-refractivity contribution is 0.0806. The van der Waals surface area contributed by atoms with E-state index in [4.69, 9.17) is 9.84 Å². The molecule has 16 heavy (non-hydrogen) atoms. The molecule has 0 atom stereocenters. The summed E-state index contributed by atoms with van der Waals surface area (Å²) in [6.45, 7) is 0.153. The van der Waals surface area contributed by atoms with Gasteiger partial charge >= 0.3 is 0 Å². The minimum Gasteiger partial charge on any atom is -0.394 e. The Morgan fingerprint density at radius 2 is 2.25 bits per heavy atom. The van der Waals surface area contributed by atoms with Crippen molar-refractivity contribution in [2.24, 2.45) is 0 Å². The van der Waals surface area contributed by atoms with E-state index in [0.717, 1.165) is 4.68 Å². The van der Waals surface area contributed by atoms with Crippen LogP contribution in [0.5, 0.6) is 0 Å². The second-order valence-electron chi connectivity index (χ2n) is 2.84. The summed E-state index contributed by atoms with van der Waals surface area (Å²) < 4.78 is 30.9. The van der Waals surface area contributed by atoms with Gasteiger partial charge in [-0.15, -0.1) is 5.10 Å². The summed E-state index contributed by atoms with van der Waals surface area (Å²) >= 11 is 0. The molecule has 0 radical (unpaired) electrons. The topological polar surface area (TPSA) is 77.2 Å². The number of carbonyl (C=O) groups is 1. The first-order valence-corrected chi connectivity index (χ1v) is 4.56. The molecule has 0 fully saturated rings. The fraction of sp³-hybridized carbons (Fsp3) is 0.625. The minimum atomic E-state index is -2.81. The SMILES string of the molecule is O=Cc1nnn(CCOCCO)c1C(F)F. The van der Waals surface area contributed by atoms with Crippen LogP contribution in [0.4, 0.5) is 8.78 Å². The zero-order chi connectivity index (χ0) is 12.0. The zero-order valence-corrected chi connectivity index (χ0v) is 8.34. The maximum Gasteiger partial charge on any atom is 0.282 e. The van der Waals surface area contributed by atoms with E-state index in [0.29, 0.717) is 0 Å². The van der Waals surface area contributed by atoms with Crippen molar-refractivity contribution in [2.45, 2.75) is 13.0 Å². The molecular formula is C8H11F2N3O3. The fourth-order valence-electron chi connectivity index (χ4n) is 1.12. The van der Waals surface area contributed by atoms with Crippen LogP contribution in [-0.2, 0) is 11.3 Å². The van der Waals surface area contributed by atoms with E-state index in [2.05, 4.69) is 10.3 Å². The van der Waals surface area contributed by atoms with Gasteiger partial charge < -0.3 is 9.84 Å². The summed E-state index contributed by atoms with van der Waals surface area (Å²) in [6.07, 6.45) is -2.58. The van der Waals surface area contributed by atoms with Crippen LogP contribution in [0, 0.1) is 0 Å². The molecule has 0 amide bonds. The van der Waals surface area contributed by atoms with Crippen molar-refractivity contribution in [3.05, 3.63) is 11.4 Å². The van der Waals surface area contributed by atoms with Crippen LogP contribution < -0.4 is 0 Å². The molecule has 0 bridgehead atoms. The van der Waals surface area contributed by atoms with Gasteiger partial charge in [-0.2, -0.15) is 0 Å². The van der Waals surface area contributed by atoms with E-state index in [9.17, 15) is 13.6 Å². The number of aromatic nitrogens is 3. The summed E-state index contributed by atoms with van der Waals surface area (Å²) in [6, 6.07) is 0. The Morgan fingerprint density at radius 3 is 2.81 bits per heavy atom. The standard InChI is InChI=1S/C8H11F2N3O3/c9-8(10)7-6(5-15)11-12-13(7)1-3-16-4-2-14/h5,8,14H,1-4H2. The maximum atomic E-state index is 12.5. The van der Waals surface area contributed by atoms with Crippen LogP contribution in [0.25, 0.3) is 0 Å². The molecule has 1 N–H and O–H groups in total. The van der Waals surface area contributed by atoms with Crippen molar-refractivity contribution in [3.63, 3.8) is 0 Å². The number of ether oxygens (including phenoxy) is 1. The second-order valence-corrected chi connectivity index (χ2v) is 2.84. The first-order chi connectivity index (χ1) is 7.70. The highest BCUT2D eigenvalue weighted by molar-refractivity contribution is 5.73. The molecule has 90 valence electrons. The van der Waals surface area contributed by atoms with Crippen LogP contribution >= 0.6 is 0 Å². The predicted molar refractivity (Wildman–Crippen MR) is 48.3 cm³/mol. The summed E-state index contributed by atoms with van der Waals surface area (Å²) in [7, 11) is 0. The third kappa shape index (κ3) is 3.04. The molecular weight excluding hydrogens is 224 g/mol. The minimum absolute atomic E-state index is 0.0561. The molecule has 1 aromatic rings. The number of aliphatic hydroxyl groups excluding tert-OH is 1. The van der Waals surface area contributed by atoms with Crippen LogP contribution in [0.2, 0.25) is 0 Å². The van der Waals surface area contributed by atoms with E-state index < -0.39 is 12.1 Å². The number of halogens is 2. The summed E-state index contributed by atoms with van der Waals surface area (Å²) in [5, 5.41) is 15.2. The number of hydrogen-bond donors (Lipinski definition) is 1. The summed E-state index contributed by atoms with van der Waals surface area (Å²) in [4.78, 5) is 10.4. The van der Waals surface area contributed by atoms with Crippen molar-refractivity contribution in [3.8, 4) is 0 Å². The second kappa shape index (κ2) is 6.23. The van der Waals surface area contributed by atoms with Gasteiger partial charge in [-0.1, -0.05) is 5.21 Å². The Balaban J connectivity index is 2.64. The molecule has 1 rings (SSSR count). The van der Waals surface area contributed by atoms with Crippen LogP contribution in [0.1, 0.15) is 22.6 Å². The van der Waals surface area contributed by atoms with Gasteiger partial charge in [0.15, 0.2) is 12.0 Å². The number of aldehydes is 1. The van der Waals surface area contributed by atoms with Crippen molar-refractivity contribution in [1.29, 1.82) is 0 Å². The zero-order valence-electron chi connectivity index (χ0n) is 8.34. The Kier molecular flexibility index (Phi) is 4.93. The number of carbonyl (C=O) groups excluding carboxylic acids is 1. The third-order valence-electron chi connectivity index (χ3n) is 1.80. The number of alkyl halides is 2. The lowest BCUT2D eigenvalue weighted by atomic mass is 10.3. The monoisotopic (exact) mass is 235 g/mol. The molecule has 6 nitrogen and oxygen atoms in total. The fourth-order valence-corrected chi connectivity index (χ4v) is 1.12. The lowest BCUT2D eigenvalue weighted by Gasteiger charge is -2.05. The van der Waals surface area contributed by atoms with Crippen molar-refractivity contribution >= 4 is 6.29 Å². The van der Waals surface area contributed by atoms with Crippen LogP contribution in [0.15, 0.2) is 0 Å². The smallest absolute Gasteiger partial charge is 0.282 e. The highest BCUT2D eigenvalue weighted by atomic mass is 19.3. The number of rotatable bonds is 7. The molecule has 0 aliphatic heterocycles. The van der Waals surface area contributed by atoms with Crippen LogP contribution in [0.3, 0.4) is 0 Å². The molecule has 0 saturated heterocycles. The van der Waals surface area contributed by atoms with Crippen LogP contribution in [-0.4, -0.2) is 46.2 Å². The Morgan fingerprint density at radius 1 is 1.50 bits per heavy atom. The van der Waals surface area contributed by atoms with Gasteiger partial charge in [0.2, 0.25) is 0 Å². The lowest BCUT2D eigenvalue weighted by Crippen LogP contribution is -2.13. The average Bonchev–Trinajstić information content (AvgIpc) is 2.67. The molecule has 0 saturated carbocycles. The van der Waals surface area contributed by atoms with Gasteiger partial charge in [-0.25, -0.2) is 13.5 Å². The maximum absolute atomic E-state index is 12.5.